The smallest absolute Gasteiger partial charge is 0.353 e. The number of thiophene rings is 1. The van der Waals surface area contributed by atoms with Crippen molar-refractivity contribution >= 4 is 70.1 Å². The second kappa shape index (κ2) is 8.07. The Morgan fingerprint density at radius 3 is 2.96 bits per heavy atom. The van der Waals surface area contributed by atoms with E-state index in [9.17, 15) is 19.5 Å². The summed E-state index contributed by atoms with van der Waals surface area (Å²) in [6.07, 6.45) is 3.04. The number of carbonyl (C=O) groups excluding carboxylic acids is 2. The maximum atomic E-state index is 12.6. The van der Waals surface area contributed by atoms with Crippen LogP contribution in [0.1, 0.15) is 5.56 Å². The van der Waals surface area contributed by atoms with Gasteiger partial charge in [-0.25, -0.2) is 4.79 Å². The number of carbonyl (C=O) groups is 3. The van der Waals surface area contributed by atoms with Gasteiger partial charge in [0, 0.05) is 16.7 Å². The van der Waals surface area contributed by atoms with Crippen LogP contribution in [-0.2, 0) is 14.4 Å². The summed E-state index contributed by atoms with van der Waals surface area (Å²) in [4.78, 5) is 38.3. The minimum atomic E-state index is -1.17. The highest BCUT2D eigenvalue weighted by Crippen LogP contribution is 2.45. The standard InChI is InChI=1S/C16H12N4O4S4/c21-10(2-1-8-3-4-25-5-8)18-11-13(22)20-12(15(23)24)9(6-26-14(11)20)28-16-19-17-7-27-16/h1-5,7,11,14H,6H2,(H,18,21)(H,23,24)/t11-,14+/m1/s1. The van der Waals surface area contributed by atoms with Gasteiger partial charge < -0.3 is 10.4 Å². The lowest BCUT2D eigenvalue weighted by atomic mass is 10.1. The molecule has 0 bridgehead atoms. The van der Waals surface area contributed by atoms with Crippen molar-refractivity contribution in [3.8, 4) is 0 Å². The average molecular weight is 453 g/mol. The molecule has 1 saturated heterocycles. The lowest BCUT2D eigenvalue weighted by Crippen LogP contribution is -2.70. The summed E-state index contributed by atoms with van der Waals surface area (Å²) in [6.45, 7) is 0. The molecule has 1 fully saturated rings. The Balaban J connectivity index is 1.47. The number of amides is 2. The van der Waals surface area contributed by atoms with Crippen LogP contribution in [0.3, 0.4) is 0 Å². The van der Waals surface area contributed by atoms with Gasteiger partial charge in [0.1, 0.15) is 22.6 Å². The zero-order valence-corrected chi connectivity index (χ0v) is 17.2. The first-order valence-electron chi connectivity index (χ1n) is 7.90. The molecular formula is C16H12N4O4S4. The molecule has 12 heteroatoms. The Morgan fingerprint density at radius 1 is 1.43 bits per heavy atom. The largest absolute Gasteiger partial charge is 0.477 e. The molecule has 0 spiro atoms. The number of nitrogens with zero attached hydrogens (tertiary/aromatic N) is 3. The molecule has 2 atom stereocenters. The molecule has 4 heterocycles. The fraction of sp³-hybridized carbons (Fsp3) is 0.188. The second-order valence-corrected chi connectivity index (χ2v) is 9.73. The Labute approximate surface area is 175 Å². The third-order valence-corrected chi connectivity index (χ3v) is 7.98. The normalized spacial score (nSPS) is 21.6. The van der Waals surface area contributed by atoms with Crippen molar-refractivity contribution in [2.24, 2.45) is 0 Å². The molecular weight excluding hydrogens is 440 g/mol. The molecule has 2 aromatic rings. The van der Waals surface area contributed by atoms with Gasteiger partial charge in [0.05, 0.1) is 0 Å². The molecule has 144 valence electrons. The van der Waals surface area contributed by atoms with E-state index in [2.05, 4.69) is 15.5 Å². The van der Waals surface area contributed by atoms with Crippen LogP contribution < -0.4 is 5.32 Å². The summed E-state index contributed by atoms with van der Waals surface area (Å²) >= 11 is 5.44. The Hall–Kier alpha value is -2.15. The predicted octanol–water partition coefficient (Wildman–Crippen LogP) is 2.10. The fourth-order valence-corrected chi connectivity index (χ4v) is 6.47. The van der Waals surface area contributed by atoms with Crippen LogP contribution in [0.2, 0.25) is 0 Å². The molecule has 28 heavy (non-hydrogen) atoms. The summed E-state index contributed by atoms with van der Waals surface area (Å²) < 4.78 is 0.615. The topological polar surface area (TPSA) is 112 Å². The lowest BCUT2D eigenvalue weighted by Gasteiger charge is -2.49. The van der Waals surface area contributed by atoms with Crippen molar-refractivity contribution in [1.82, 2.24) is 20.4 Å². The van der Waals surface area contributed by atoms with Crippen LogP contribution in [0.5, 0.6) is 0 Å². The summed E-state index contributed by atoms with van der Waals surface area (Å²) in [7, 11) is 0. The molecule has 2 N–H and O–H groups in total. The number of aromatic nitrogens is 2. The van der Waals surface area contributed by atoms with Crippen LogP contribution in [0, 0.1) is 0 Å². The molecule has 0 saturated carbocycles. The Bertz CT molecular complexity index is 971. The first kappa shape index (κ1) is 19.2. The van der Waals surface area contributed by atoms with E-state index in [1.54, 1.807) is 11.6 Å². The molecule has 0 aliphatic carbocycles. The number of thioether (sulfide) groups is 2. The van der Waals surface area contributed by atoms with E-state index < -0.39 is 23.3 Å². The highest BCUT2D eigenvalue weighted by Gasteiger charge is 2.54. The van der Waals surface area contributed by atoms with Gasteiger partial charge in [-0.3, -0.25) is 14.5 Å². The molecule has 2 aliphatic heterocycles. The monoisotopic (exact) mass is 452 g/mol. The number of β-lactam (4-membered cyclic amide) rings is 1. The van der Waals surface area contributed by atoms with E-state index >= 15 is 0 Å². The van der Waals surface area contributed by atoms with Crippen LogP contribution in [0.15, 0.2) is 43.4 Å². The van der Waals surface area contributed by atoms with Crippen molar-refractivity contribution in [2.45, 2.75) is 15.8 Å². The number of carboxylic acid groups (broad SMARTS) is 1. The summed E-state index contributed by atoms with van der Waals surface area (Å²) in [5.41, 5.74) is 2.42. The molecule has 8 nitrogen and oxygen atoms in total. The van der Waals surface area contributed by atoms with E-state index in [1.807, 2.05) is 16.8 Å². The predicted molar refractivity (Wildman–Crippen MR) is 109 cm³/mol. The summed E-state index contributed by atoms with van der Waals surface area (Å²) in [5.74, 6) is -1.58. The highest BCUT2D eigenvalue weighted by molar-refractivity contribution is 8.07. The van der Waals surface area contributed by atoms with Crippen molar-refractivity contribution in [3.05, 3.63) is 44.6 Å². The number of fused-ring (bicyclic) bond motifs is 1. The molecule has 2 amide bonds. The van der Waals surface area contributed by atoms with E-state index in [1.165, 1.54) is 57.2 Å². The second-order valence-electron chi connectivity index (χ2n) is 5.67. The lowest BCUT2D eigenvalue weighted by molar-refractivity contribution is -0.150. The maximum absolute atomic E-state index is 12.6. The van der Waals surface area contributed by atoms with Gasteiger partial charge in [-0.1, -0.05) is 23.1 Å². The van der Waals surface area contributed by atoms with E-state index in [-0.39, 0.29) is 11.6 Å². The third kappa shape index (κ3) is 3.72. The van der Waals surface area contributed by atoms with Gasteiger partial charge in [0.15, 0.2) is 4.34 Å². The quantitative estimate of drug-likeness (QED) is 0.506. The zero-order chi connectivity index (χ0) is 19.7. The van der Waals surface area contributed by atoms with Gasteiger partial charge in [0.2, 0.25) is 5.91 Å². The van der Waals surface area contributed by atoms with Gasteiger partial charge >= 0.3 is 5.97 Å². The van der Waals surface area contributed by atoms with Crippen molar-refractivity contribution < 1.29 is 19.5 Å². The SMILES string of the molecule is O=C(C=Cc1ccsc1)N[C@@H]1C(=O)N2C(C(=O)O)=C(Sc3nncs3)CS[C@@H]12. The van der Waals surface area contributed by atoms with Crippen LogP contribution in [0.25, 0.3) is 6.08 Å². The summed E-state index contributed by atoms with van der Waals surface area (Å²) in [6, 6.07) is 1.13. The number of hydrogen-bond donors (Lipinski definition) is 2. The minimum Gasteiger partial charge on any atom is -0.477 e. The van der Waals surface area contributed by atoms with E-state index in [4.69, 9.17) is 0 Å². The Morgan fingerprint density at radius 2 is 2.29 bits per heavy atom. The van der Waals surface area contributed by atoms with Gasteiger partial charge in [-0.2, -0.15) is 11.3 Å². The van der Waals surface area contributed by atoms with Crippen LogP contribution in [0.4, 0.5) is 0 Å². The molecule has 0 unspecified atom stereocenters. The van der Waals surface area contributed by atoms with E-state index in [0.29, 0.717) is 15.0 Å². The van der Waals surface area contributed by atoms with E-state index in [0.717, 1.165) is 5.56 Å². The molecule has 0 radical (unpaired) electrons. The number of rotatable bonds is 6. The molecule has 2 aromatic heterocycles. The fourth-order valence-electron chi connectivity index (χ4n) is 2.73. The molecule has 0 aromatic carbocycles. The van der Waals surface area contributed by atoms with Crippen LogP contribution in [-0.4, -0.2) is 55.2 Å². The zero-order valence-electron chi connectivity index (χ0n) is 14.0. The number of nitrogens with one attached hydrogen (secondary N) is 1. The van der Waals surface area contributed by atoms with Crippen molar-refractivity contribution in [2.75, 3.05) is 5.75 Å². The first-order valence-corrected chi connectivity index (χ1v) is 11.6. The van der Waals surface area contributed by atoms with Gasteiger partial charge in [-0.15, -0.1) is 22.0 Å². The summed E-state index contributed by atoms with van der Waals surface area (Å²) in [5, 5.41) is 23.3. The number of hydrogen-bond acceptors (Lipinski definition) is 9. The van der Waals surface area contributed by atoms with Crippen LogP contribution >= 0.6 is 46.2 Å². The maximum Gasteiger partial charge on any atom is 0.353 e. The van der Waals surface area contributed by atoms with Crippen molar-refractivity contribution in [1.29, 1.82) is 0 Å². The number of aliphatic carboxylic acids is 1. The van der Waals surface area contributed by atoms with Gasteiger partial charge in [0.25, 0.3) is 5.91 Å². The van der Waals surface area contributed by atoms with Gasteiger partial charge in [-0.05, 0) is 28.5 Å². The highest BCUT2D eigenvalue weighted by atomic mass is 32.2. The average Bonchev–Trinajstić information content (AvgIpc) is 3.37. The van der Waals surface area contributed by atoms with Crippen molar-refractivity contribution in [3.63, 3.8) is 0 Å². The number of carboxylic acids is 1. The molecule has 4 rings (SSSR count). The Kier molecular flexibility index (Phi) is 5.53. The first-order chi connectivity index (χ1) is 13.5. The molecule has 2 aliphatic rings. The minimum absolute atomic E-state index is 0.0479. The third-order valence-electron chi connectivity index (χ3n) is 3.95.